The van der Waals surface area contributed by atoms with E-state index in [0.29, 0.717) is 5.75 Å². The van der Waals surface area contributed by atoms with E-state index in [1.807, 2.05) is 6.08 Å². The van der Waals surface area contributed by atoms with Crippen LogP contribution in [0.3, 0.4) is 0 Å². The lowest BCUT2D eigenvalue weighted by molar-refractivity contribution is 0.407. The molecule has 3 nitrogen and oxygen atoms in total. The highest BCUT2D eigenvalue weighted by Crippen LogP contribution is 1.93. The summed E-state index contributed by atoms with van der Waals surface area (Å²) >= 11 is 0. The van der Waals surface area contributed by atoms with Gasteiger partial charge in [-0.2, -0.15) is 10.2 Å². The topological polar surface area (TPSA) is 35.0 Å². The average Bonchev–Trinajstić information content (AvgIpc) is 2.21. The molecule has 0 atom stereocenters. The SMILES string of the molecule is C=C/C=c1/nncc(OC)/c1=C/C=C. The maximum atomic E-state index is 5.15. The first kappa shape index (κ1) is 10.2. The molecule has 0 aromatic carbocycles. The molecule has 0 saturated carbocycles. The van der Waals surface area contributed by atoms with Crippen LogP contribution in [0.15, 0.2) is 31.5 Å². The third kappa shape index (κ3) is 2.07. The number of allylic oxidation sites excluding steroid dienone is 2. The minimum Gasteiger partial charge on any atom is -0.494 e. The van der Waals surface area contributed by atoms with Gasteiger partial charge in [0.05, 0.1) is 18.7 Å². The molecule has 0 bridgehead atoms. The molecule has 0 unspecified atom stereocenters. The van der Waals surface area contributed by atoms with E-state index in [1.165, 1.54) is 0 Å². The largest absolute Gasteiger partial charge is 0.494 e. The van der Waals surface area contributed by atoms with Crippen molar-refractivity contribution in [1.82, 2.24) is 10.2 Å². The van der Waals surface area contributed by atoms with Crippen molar-refractivity contribution in [2.45, 2.75) is 0 Å². The van der Waals surface area contributed by atoms with E-state index < -0.39 is 0 Å². The predicted molar refractivity (Wildman–Crippen MR) is 57.2 cm³/mol. The Balaban J connectivity index is 3.60. The summed E-state index contributed by atoms with van der Waals surface area (Å²) in [5.41, 5.74) is 0. The lowest BCUT2D eigenvalue weighted by Gasteiger charge is -1.98. The molecule has 0 spiro atoms. The van der Waals surface area contributed by atoms with E-state index in [-0.39, 0.29) is 0 Å². The fourth-order valence-electron chi connectivity index (χ4n) is 1.08. The van der Waals surface area contributed by atoms with E-state index in [9.17, 15) is 0 Å². The molecule has 1 heterocycles. The highest BCUT2D eigenvalue weighted by molar-refractivity contribution is 5.44. The van der Waals surface area contributed by atoms with Gasteiger partial charge in [0.15, 0.2) is 0 Å². The van der Waals surface area contributed by atoms with E-state index >= 15 is 0 Å². The minimum absolute atomic E-state index is 0.674. The second kappa shape index (κ2) is 4.97. The third-order valence-electron chi connectivity index (χ3n) is 1.66. The second-order valence-corrected chi connectivity index (χ2v) is 2.52. The van der Waals surface area contributed by atoms with Crippen molar-refractivity contribution in [3.05, 3.63) is 42.1 Å². The zero-order chi connectivity index (χ0) is 10.4. The number of aromatic nitrogens is 2. The van der Waals surface area contributed by atoms with Crippen LogP contribution in [0.25, 0.3) is 12.2 Å². The fraction of sp³-hybridized carbons (Fsp3) is 0.0909. The fourth-order valence-corrected chi connectivity index (χ4v) is 1.08. The van der Waals surface area contributed by atoms with Crippen molar-refractivity contribution >= 4 is 12.2 Å². The molecule has 0 radical (unpaired) electrons. The van der Waals surface area contributed by atoms with Crippen molar-refractivity contribution in [3.63, 3.8) is 0 Å². The molecule has 72 valence electrons. The standard InChI is InChI=1S/C11H12N2O/c1-4-6-9-10(7-5-2)13-12-8-11(9)14-3/h4-8H,1-2H2,3H3/b9-6+,10-7+. The van der Waals surface area contributed by atoms with Crippen molar-refractivity contribution in [2.75, 3.05) is 7.11 Å². The Morgan fingerprint density at radius 3 is 2.57 bits per heavy atom. The van der Waals surface area contributed by atoms with Gasteiger partial charge in [0, 0.05) is 5.22 Å². The summed E-state index contributed by atoms with van der Waals surface area (Å²) in [5, 5.41) is 9.35. The van der Waals surface area contributed by atoms with Crippen LogP contribution in [0.4, 0.5) is 0 Å². The van der Waals surface area contributed by atoms with Gasteiger partial charge in [-0.3, -0.25) is 0 Å². The minimum atomic E-state index is 0.674. The molecule has 3 heteroatoms. The third-order valence-corrected chi connectivity index (χ3v) is 1.66. The van der Waals surface area contributed by atoms with Crippen molar-refractivity contribution in [3.8, 4) is 5.75 Å². The van der Waals surface area contributed by atoms with Crippen LogP contribution in [0, 0.1) is 0 Å². The summed E-state index contributed by atoms with van der Waals surface area (Å²) in [6.45, 7) is 7.24. The first-order valence-electron chi connectivity index (χ1n) is 4.14. The van der Waals surface area contributed by atoms with E-state index in [4.69, 9.17) is 4.74 Å². The number of hydrogen-bond donors (Lipinski definition) is 0. The Labute approximate surface area is 82.7 Å². The summed E-state index contributed by atoms with van der Waals surface area (Å²) in [4.78, 5) is 0. The van der Waals surface area contributed by atoms with Gasteiger partial charge >= 0.3 is 0 Å². The number of nitrogens with zero attached hydrogens (tertiary/aromatic N) is 2. The first-order chi connectivity index (χ1) is 6.83. The zero-order valence-electron chi connectivity index (χ0n) is 8.10. The molecule has 1 aromatic heterocycles. The van der Waals surface area contributed by atoms with E-state index in [0.717, 1.165) is 10.6 Å². The van der Waals surface area contributed by atoms with Crippen LogP contribution < -0.4 is 15.3 Å². The number of methoxy groups -OCH3 is 1. The lowest BCUT2D eigenvalue weighted by Crippen LogP contribution is -2.30. The van der Waals surface area contributed by atoms with Gasteiger partial charge in [0.2, 0.25) is 0 Å². The quantitative estimate of drug-likeness (QED) is 0.689. The van der Waals surface area contributed by atoms with E-state index in [2.05, 4.69) is 23.4 Å². The van der Waals surface area contributed by atoms with Crippen molar-refractivity contribution in [2.24, 2.45) is 0 Å². The molecule has 0 N–H and O–H groups in total. The molecular weight excluding hydrogens is 176 g/mol. The van der Waals surface area contributed by atoms with Gasteiger partial charge in [-0.05, 0) is 12.2 Å². The summed E-state index contributed by atoms with van der Waals surface area (Å²) in [5.74, 6) is 0.674. The maximum absolute atomic E-state index is 5.15. The van der Waals surface area contributed by atoms with Crippen molar-refractivity contribution < 1.29 is 4.74 Å². The lowest BCUT2D eigenvalue weighted by atomic mass is 10.3. The molecule has 1 rings (SSSR count). The van der Waals surface area contributed by atoms with Gasteiger partial charge in [-0.1, -0.05) is 25.3 Å². The summed E-state index contributed by atoms with van der Waals surface area (Å²) < 4.78 is 5.15. The molecule has 0 aliphatic carbocycles. The Morgan fingerprint density at radius 2 is 2.00 bits per heavy atom. The predicted octanol–water partition coefficient (Wildman–Crippen LogP) is 0.418. The van der Waals surface area contributed by atoms with Gasteiger partial charge < -0.3 is 4.74 Å². The Hall–Kier alpha value is -1.90. The first-order valence-corrected chi connectivity index (χ1v) is 4.14. The maximum Gasteiger partial charge on any atom is 0.148 e. The molecule has 0 saturated heterocycles. The smallest absolute Gasteiger partial charge is 0.148 e. The number of rotatable bonds is 3. The normalized spacial score (nSPS) is 12.6. The Kier molecular flexibility index (Phi) is 3.61. The molecule has 14 heavy (non-hydrogen) atoms. The van der Waals surface area contributed by atoms with Crippen LogP contribution in [0.2, 0.25) is 0 Å². The summed E-state index contributed by atoms with van der Waals surface area (Å²) in [6, 6.07) is 0. The van der Waals surface area contributed by atoms with Gasteiger partial charge in [0.25, 0.3) is 0 Å². The van der Waals surface area contributed by atoms with Crippen LogP contribution in [0.5, 0.6) is 5.75 Å². The zero-order valence-corrected chi connectivity index (χ0v) is 8.10. The van der Waals surface area contributed by atoms with Gasteiger partial charge in [-0.25, -0.2) is 0 Å². The van der Waals surface area contributed by atoms with E-state index in [1.54, 1.807) is 31.5 Å². The van der Waals surface area contributed by atoms with Crippen LogP contribution in [-0.2, 0) is 0 Å². The summed E-state index contributed by atoms with van der Waals surface area (Å²) in [7, 11) is 1.59. The van der Waals surface area contributed by atoms with Crippen molar-refractivity contribution in [1.29, 1.82) is 0 Å². The van der Waals surface area contributed by atoms with Gasteiger partial charge in [-0.15, -0.1) is 0 Å². The molecule has 0 fully saturated rings. The highest BCUT2D eigenvalue weighted by Gasteiger charge is 1.95. The molecular formula is C11H12N2O. The monoisotopic (exact) mass is 188 g/mol. The van der Waals surface area contributed by atoms with Crippen LogP contribution in [0.1, 0.15) is 0 Å². The molecule has 0 aliphatic rings. The Morgan fingerprint density at radius 1 is 1.29 bits per heavy atom. The number of hydrogen-bond acceptors (Lipinski definition) is 3. The second-order valence-electron chi connectivity index (χ2n) is 2.52. The molecule has 0 amide bonds. The number of ether oxygens (including phenoxy) is 1. The Bertz CT molecular complexity index is 449. The average molecular weight is 188 g/mol. The van der Waals surface area contributed by atoms with Crippen LogP contribution in [-0.4, -0.2) is 17.3 Å². The van der Waals surface area contributed by atoms with Gasteiger partial charge in [0.1, 0.15) is 5.75 Å². The summed E-state index contributed by atoms with van der Waals surface area (Å²) in [6.07, 6.45) is 8.49. The highest BCUT2D eigenvalue weighted by atomic mass is 16.5. The molecule has 1 aromatic rings. The van der Waals surface area contributed by atoms with Crippen LogP contribution >= 0.6 is 0 Å². The molecule has 0 aliphatic heterocycles.